The number of fused-ring (bicyclic) bond motifs is 1. The molecule has 0 aliphatic heterocycles. The first kappa shape index (κ1) is 16.1. The summed E-state index contributed by atoms with van der Waals surface area (Å²) < 4.78 is 0. The number of nitrogens with zero attached hydrogens (tertiary/aromatic N) is 1. The molecule has 0 saturated heterocycles. The second kappa shape index (κ2) is 7.18. The first-order valence-corrected chi connectivity index (χ1v) is 8.15. The Morgan fingerprint density at radius 2 is 1.67 bits per heavy atom. The molecule has 3 aromatic rings. The molecule has 0 radical (unpaired) electrons. The number of likely N-dealkylation sites (N-methyl/N-ethyl adjacent to an activating group) is 1. The smallest absolute Gasteiger partial charge is 0.239 e. The van der Waals surface area contributed by atoms with Gasteiger partial charge < -0.3 is 10.2 Å². The van der Waals surface area contributed by atoms with E-state index in [1.165, 1.54) is 10.9 Å². The maximum atomic E-state index is 12.3. The Balaban J connectivity index is 1.67. The number of rotatable bonds is 5. The number of hydrogen-bond donors (Lipinski definition) is 1. The molecule has 3 aromatic carbocycles. The average molecular weight is 318 g/mol. The number of carbonyl (C=O) groups is 1. The second-order valence-electron chi connectivity index (χ2n) is 6.06. The van der Waals surface area contributed by atoms with E-state index in [-0.39, 0.29) is 5.91 Å². The van der Waals surface area contributed by atoms with Crippen LogP contribution in [0.25, 0.3) is 10.8 Å². The number of benzene rings is 3. The van der Waals surface area contributed by atoms with Gasteiger partial charge in [-0.2, -0.15) is 0 Å². The van der Waals surface area contributed by atoms with Gasteiger partial charge in [-0.3, -0.25) is 4.79 Å². The minimum atomic E-state index is 0.0219. The van der Waals surface area contributed by atoms with E-state index >= 15 is 0 Å². The van der Waals surface area contributed by atoms with Crippen LogP contribution in [0.3, 0.4) is 0 Å². The summed E-state index contributed by atoms with van der Waals surface area (Å²) >= 11 is 0. The Kier molecular flexibility index (Phi) is 4.80. The first-order valence-electron chi connectivity index (χ1n) is 8.15. The van der Waals surface area contributed by atoms with Crippen molar-refractivity contribution in [2.45, 2.75) is 13.5 Å². The third-order valence-corrected chi connectivity index (χ3v) is 4.30. The Morgan fingerprint density at radius 3 is 2.50 bits per heavy atom. The standard InChI is InChI=1S/C21H22N2O/c1-16-8-3-4-10-18(16)14-22-21(24)15-23(2)20-13-7-11-17-9-5-6-12-19(17)20/h3-13H,14-15H2,1-2H3,(H,22,24). The summed E-state index contributed by atoms with van der Waals surface area (Å²) in [6.07, 6.45) is 0. The van der Waals surface area contributed by atoms with Gasteiger partial charge in [0.2, 0.25) is 5.91 Å². The Hall–Kier alpha value is -2.81. The Labute approximate surface area is 142 Å². The van der Waals surface area contributed by atoms with E-state index in [1.54, 1.807) is 0 Å². The zero-order chi connectivity index (χ0) is 16.9. The molecular formula is C21H22N2O. The monoisotopic (exact) mass is 318 g/mol. The van der Waals surface area contributed by atoms with Crippen molar-refractivity contribution in [2.75, 3.05) is 18.5 Å². The summed E-state index contributed by atoms with van der Waals surface area (Å²) in [4.78, 5) is 14.3. The van der Waals surface area contributed by atoms with E-state index < -0.39 is 0 Å². The van der Waals surface area contributed by atoms with Crippen molar-refractivity contribution in [1.82, 2.24) is 5.32 Å². The van der Waals surface area contributed by atoms with Crippen molar-refractivity contribution >= 4 is 22.4 Å². The topological polar surface area (TPSA) is 32.3 Å². The fourth-order valence-electron chi connectivity index (χ4n) is 2.90. The minimum absolute atomic E-state index is 0.0219. The second-order valence-corrected chi connectivity index (χ2v) is 6.06. The van der Waals surface area contributed by atoms with Crippen LogP contribution in [-0.4, -0.2) is 19.5 Å². The molecule has 3 rings (SSSR count). The van der Waals surface area contributed by atoms with Crippen molar-refractivity contribution in [3.8, 4) is 0 Å². The SMILES string of the molecule is Cc1ccccc1CNC(=O)CN(C)c1cccc2ccccc12. The molecule has 0 aromatic heterocycles. The summed E-state index contributed by atoms with van der Waals surface area (Å²) in [5, 5.41) is 5.35. The predicted molar refractivity (Wildman–Crippen MR) is 100 cm³/mol. The van der Waals surface area contributed by atoms with Gasteiger partial charge in [0.1, 0.15) is 0 Å². The largest absolute Gasteiger partial charge is 0.365 e. The summed E-state index contributed by atoms with van der Waals surface area (Å²) in [5.74, 6) is 0.0219. The fraction of sp³-hybridized carbons (Fsp3) is 0.190. The summed E-state index contributed by atoms with van der Waals surface area (Å²) in [5.41, 5.74) is 3.41. The van der Waals surface area contributed by atoms with E-state index in [4.69, 9.17) is 0 Å². The van der Waals surface area contributed by atoms with Crippen molar-refractivity contribution < 1.29 is 4.79 Å². The van der Waals surface area contributed by atoms with Crippen LogP contribution in [0.4, 0.5) is 5.69 Å². The van der Waals surface area contributed by atoms with Crippen LogP contribution in [-0.2, 0) is 11.3 Å². The third kappa shape index (κ3) is 3.57. The van der Waals surface area contributed by atoms with Crippen LogP contribution in [0.15, 0.2) is 66.7 Å². The molecule has 0 aliphatic rings. The summed E-state index contributed by atoms with van der Waals surface area (Å²) in [6.45, 7) is 2.96. The minimum Gasteiger partial charge on any atom is -0.365 e. The lowest BCUT2D eigenvalue weighted by atomic mass is 10.1. The van der Waals surface area contributed by atoms with E-state index in [9.17, 15) is 4.79 Å². The van der Waals surface area contributed by atoms with Gasteiger partial charge >= 0.3 is 0 Å². The molecule has 24 heavy (non-hydrogen) atoms. The average Bonchev–Trinajstić information content (AvgIpc) is 2.60. The highest BCUT2D eigenvalue weighted by molar-refractivity contribution is 5.95. The van der Waals surface area contributed by atoms with Gasteiger partial charge in [-0.05, 0) is 29.5 Å². The molecule has 0 saturated carbocycles. The zero-order valence-corrected chi connectivity index (χ0v) is 14.1. The van der Waals surface area contributed by atoms with Crippen LogP contribution in [0.5, 0.6) is 0 Å². The Morgan fingerprint density at radius 1 is 0.958 bits per heavy atom. The van der Waals surface area contributed by atoms with Crippen molar-refractivity contribution in [3.05, 3.63) is 77.9 Å². The molecule has 0 atom stereocenters. The summed E-state index contributed by atoms with van der Waals surface area (Å²) in [6, 6.07) is 22.5. The highest BCUT2D eigenvalue weighted by atomic mass is 16.2. The highest BCUT2D eigenvalue weighted by Crippen LogP contribution is 2.25. The predicted octanol–water partition coefficient (Wildman–Crippen LogP) is 3.90. The van der Waals surface area contributed by atoms with E-state index in [2.05, 4.69) is 42.6 Å². The normalized spacial score (nSPS) is 10.6. The first-order chi connectivity index (χ1) is 11.6. The van der Waals surface area contributed by atoms with Gasteiger partial charge in [0.15, 0.2) is 0 Å². The van der Waals surface area contributed by atoms with Gasteiger partial charge in [0.05, 0.1) is 6.54 Å². The molecule has 3 nitrogen and oxygen atoms in total. The van der Waals surface area contributed by atoms with E-state index in [1.807, 2.05) is 48.3 Å². The molecule has 122 valence electrons. The van der Waals surface area contributed by atoms with Gasteiger partial charge in [-0.15, -0.1) is 0 Å². The van der Waals surface area contributed by atoms with Crippen LogP contribution >= 0.6 is 0 Å². The number of amides is 1. The highest BCUT2D eigenvalue weighted by Gasteiger charge is 2.10. The third-order valence-electron chi connectivity index (χ3n) is 4.30. The molecule has 0 fully saturated rings. The molecule has 0 aliphatic carbocycles. The zero-order valence-electron chi connectivity index (χ0n) is 14.1. The molecule has 1 N–H and O–H groups in total. The quantitative estimate of drug-likeness (QED) is 0.774. The number of hydrogen-bond acceptors (Lipinski definition) is 2. The fourth-order valence-corrected chi connectivity index (χ4v) is 2.90. The number of anilines is 1. The number of carbonyl (C=O) groups excluding carboxylic acids is 1. The maximum Gasteiger partial charge on any atom is 0.239 e. The molecule has 0 bridgehead atoms. The van der Waals surface area contributed by atoms with Crippen LogP contribution < -0.4 is 10.2 Å². The molecular weight excluding hydrogens is 296 g/mol. The van der Waals surface area contributed by atoms with E-state index in [0.717, 1.165) is 16.6 Å². The van der Waals surface area contributed by atoms with Crippen molar-refractivity contribution in [3.63, 3.8) is 0 Å². The number of aryl methyl sites for hydroxylation is 1. The molecule has 0 unspecified atom stereocenters. The summed E-state index contributed by atoms with van der Waals surface area (Å²) in [7, 11) is 1.95. The Bertz CT molecular complexity index is 852. The lowest BCUT2D eigenvalue weighted by molar-refractivity contribution is -0.119. The van der Waals surface area contributed by atoms with Crippen molar-refractivity contribution in [2.24, 2.45) is 0 Å². The molecule has 0 spiro atoms. The van der Waals surface area contributed by atoms with Gasteiger partial charge in [-0.25, -0.2) is 0 Å². The van der Waals surface area contributed by atoms with E-state index in [0.29, 0.717) is 13.1 Å². The lowest BCUT2D eigenvalue weighted by Crippen LogP contribution is -2.35. The lowest BCUT2D eigenvalue weighted by Gasteiger charge is -2.21. The van der Waals surface area contributed by atoms with Gasteiger partial charge in [0, 0.05) is 24.7 Å². The van der Waals surface area contributed by atoms with Crippen molar-refractivity contribution in [1.29, 1.82) is 0 Å². The van der Waals surface area contributed by atoms with Crippen LogP contribution in [0, 0.1) is 6.92 Å². The van der Waals surface area contributed by atoms with Crippen LogP contribution in [0.2, 0.25) is 0 Å². The van der Waals surface area contributed by atoms with Crippen LogP contribution in [0.1, 0.15) is 11.1 Å². The van der Waals surface area contributed by atoms with Gasteiger partial charge in [0.25, 0.3) is 0 Å². The number of nitrogens with one attached hydrogen (secondary N) is 1. The van der Waals surface area contributed by atoms with Gasteiger partial charge in [-0.1, -0.05) is 60.7 Å². The molecule has 0 heterocycles. The maximum absolute atomic E-state index is 12.3. The molecule has 3 heteroatoms. The molecule has 1 amide bonds.